The number of carbonyl (C=O) groups is 1. The number of carbonyl (C=O) groups excluding carboxylic acids is 1. The second kappa shape index (κ2) is 6.02. The first-order valence-electron chi connectivity index (χ1n) is 7.97. The molecule has 1 atom stereocenters. The van der Waals surface area contributed by atoms with Crippen LogP contribution in [-0.2, 0) is 4.79 Å². The predicted molar refractivity (Wildman–Crippen MR) is 87.8 cm³/mol. The molecule has 1 aromatic heterocycles. The summed E-state index contributed by atoms with van der Waals surface area (Å²) >= 11 is 0. The van der Waals surface area contributed by atoms with Gasteiger partial charge in [-0.25, -0.2) is 4.68 Å². The third kappa shape index (κ3) is 2.81. The van der Waals surface area contributed by atoms with Crippen LogP contribution in [0.25, 0.3) is 0 Å². The summed E-state index contributed by atoms with van der Waals surface area (Å²) in [4.78, 5) is 16.1. The molecule has 0 radical (unpaired) electrons. The molecule has 1 aliphatic heterocycles. The van der Waals surface area contributed by atoms with E-state index in [1.54, 1.807) is 4.68 Å². The molecule has 1 amide bonds. The van der Waals surface area contributed by atoms with Gasteiger partial charge in [0.1, 0.15) is 12.1 Å². The Balaban J connectivity index is 2.10. The summed E-state index contributed by atoms with van der Waals surface area (Å²) in [5.74, 6) is 1.73. The van der Waals surface area contributed by atoms with Crippen molar-refractivity contribution in [2.45, 2.75) is 46.1 Å². The Labute approximate surface area is 135 Å². The van der Waals surface area contributed by atoms with Crippen molar-refractivity contribution in [2.24, 2.45) is 0 Å². The highest BCUT2D eigenvalue weighted by atomic mass is 16.5. The second-order valence-corrected chi connectivity index (χ2v) is 6.13. The van der Waals surface area contributed by atoms with Crippen LogP contribution in [0.1, 0.15) is 55.8 Å². The van der Waals surface area contributed by atoms with E-state index in [1.165, 1.54) is 6.33 Å². The summed E-state index contributed by atoms with van der Waals surface area (Å²) < 4.78 is 7.57. The molecule has 0 fully saturated rings. The SMILES string of the molecule is CCOc1cc(C)c([C@H]2CC(=O)Nc3ncnn32)cc1C(C)C. The molecule has 0 aliphatic carbocycles. The molecule has 0 saturated carbocycles. The zero-order valence-corrected chi connectivity index (χ0v) is 14.0. The van der Waals surface area contributed by atoms with Crippen molar-refractivity contribution in [1.82, 2.24) is 14.8 Å². The normalized spacial score (nSPS) is 17.1. The topological polar surface area (TPSA) is 69.0 Å². The number of aryl methyl sites for hydroxylation is 1. The van der Waals surface area contributed by atoms with Gasteiger partial charge in [0.25, 0.3) is 0 Å². The van der Waals surface area contributed by atoms with E-state index in [-0.39, 0.29) is 11.9 Å². The molecule has 23 heavy (non-hydrogen) atoms. The van der Waals surface area contributed by atoms with Crippen LogP contribution in [0.4, 0.5) is 5.95 Å². The van der Waals surface area contributed by atoms with Gasteiger partial charge in [0.05, 0.1) is 19.1 Å². The van der Waals surface area contributed by atoms with Crippen molar-refractivity contribution in [3.05, 3.63) is 35.2 Å². The van der Waals surface area contributed by atoms with E-state index in [4.69, 9.17) is 4.74 Å². The quantitative estimate of drug-likeness (QED) is 0.941. The van der Waals surface area contributed by atoms with E-state index >= 15 is 0 Å². The van der Waals surface area contributed by atoms with Gasteiger partial charge in [-0.05, 0) is 48.6 Å². The Bertz CT molecular complexity index is 736. The van der Waals surface area contributed by atoms with Crippen LogP contribution in [0.15, 0.2) is 18.5 Å². The zero-order valence-electron chi connectivity index (χ0n) is 14.0. The highest BCUT2D eigenvalue weighted by Gasteiger charge is 2.29. The van der Waals surface area contributed by atoms with Crippen molar-refractivity contribution >= 4 is 11.9 Å². The molecule has 2 heterocycles. The van der Waals surface area contributed by atoms with Crippen molar-refractivity contribution in [3.63, 3.8) is 0 Å². The molecule has 1 aliphatic rings. The number of aromatic nitrogens is 3. The number of anilines is 1. The van der Waals surface area contributed by atoms with Gasteiger partial charge in [-0.3, -0.25) is 10.1 Å². The Morgan fingerprint density at radius 2 is 2.22 bits per heavy atom. The molecule has 2 aromatic rings. The Kier molecular flexibility index (Phi) is 4.07. The molecule has 3 rings (SSSR count). The fourth-order valence-corrected chi connectivity index (χ4v) is 3.05. The summed E-state index contributed by atoms with van der Waals surface area (Å²) in [6.07, 6.45) is 1.84. The summed E-state index contributed by atoms with van der Waals surface area (Å²) in [7, 11) is 0. The highest BCUT2D eigenvalue weighted by molar-refractivity contribution is 5.91. The van der Waals surface area contributed by atoms with Gasteiger partial charge in [0.2, 0.25) is 11.9 Å². The van der Waals surface area contributed by atoms with E-state index in [1.807, 2.05) is 13.8 Å². The van der Waals surface area contributed by atoms with Gasteiger partial charge in [-0.2, -0.15) is 10.1 Å². The Morgan fingerprint density at radius 1 is 1.43 bits per heavy atom. The summed E-state index contributed by atoms with van der Waals surface area (Å²) in [6, 6.07) is 4.09. The van der Waals surface area contributed by atoms with Crippen molar-refractivity contribution in [3.8, 4) is 5.75 Å². The molecule has 0 bridgehead atoms. The molecule has 1 aromatic carbocycles. The standard InChI is InChI=1S/C17H22N4O2/c1-5-23-15-6-11(4)13(7-12(15)10(2)3)14-8-16(22)20-17-18-9-19-21(14)17/h6-7,9-10,14H,5,8H2,1-4H3,(H,18,19,20,22)/t14-/m1/s1. The fourth-order valence-electron chi connectivity index (χ4n) is 3.05. The number of benzene rings is 1. The lowest BCUT2D eigenvalue weighted by Crippen LogP contribution is -2.29. The van der Waals surface area contributed by atoms with Crippen LogP contribution >= 0.6 is 0 Å². The van der Waals surface area contributed by atoms with Crippen molar-refractivity contribution < 1.29 is 9.53 Å². The third-order valence-electron chi connectivity index (χ3n) is 4.18. The third-order valence-corrected chi connectivity index (χ3v) is 4.18. The van der Waals surface area contributed by atoms with Gasteiger partial charge in [-0.1, -0.05) is 13.8 Å². The number of ether oxygens (including phenoxy) is 1. The van der Waals surface area contributed by atoms with Crippen LogP contribution in [0.3, 0.4) is 0 Å². The highest BCUT2D eigenvalue weighted by Crippen LogP contribution is 2.36. The van der Waals surface area contributed by atoms with Crippen LogP contribution in [-0.4, -0.2) is 27.3 Å². The number of fused-ring (bicyclic) bond motifs is 1. The molecule has 6 nitrogen and oxygen atoms in total. The molecule has 122 valence electrons. The molecular formula is C17H22N4O2. The second-order valence-electron chi connectivity index (χ2n) is 6.13. The first-order valence-corrected chi connectivity index (χ1v) is 7.97. The largest absolute Gasteiger partial charge is 0.494 e. The van der Waals surface area contributed by atoms with Crippen LogP contribution in [0.5, 0.6) is 5.75 Å². The number of nitrogens with one attached hydrogen (secondary N) is 1. The van der Waals surface area contributed by atoms with Crippen LogP contribution < -0.4 is 10.1 Å². The number of hydrogen-bond donors (Lipinski definition) is 1. The molecular weight excluding hydrogens is 292 g/mol. The van der Waals surface area contributed by atoms with Gasteiger partial charge < -0.3 is 4.74 Å². The molecule has 6 heteroatoms. The van der Waals surface area contributed by atoms with Gasteiger partial charge in [-0.15, -0.1) is 0 Å². The molecule has 0 saturated heterocycles. The lowest BCUT2D eigenvalue weighted by Gasteiger charge is -2.26. The van der Waals surface area contributed by atoms with Crippen LogP contribution in [0, 0.1) is 6.92 Å². The Hall–Kier alpha value is -2.37. The maximum Gasteiger partial charge on any atom is 0.229 e. The first kappa shape index (κ1) is 15.5. The summed E-state index contributed by atoms with van der Waals surface area (Å²) in [5, 5.41) is 7.04. The average molecular weight is 314 g/mol. The zero-order chi connectivity index (χ0) is 16.6. The fraction of sp³-hybridized carbons (Fsp3) is 0.471. The predicted octanol–water partition coefficient (Wildman–Crippen LogP) is 3.04. The van der Waals surface area contributed by atoms with E-state index in [2.05, 4.69) is 41.4 Å². The minimum Gasteiger partial charge on any atom is -0.494 e. The molecule has 1 N–H and O–H groups in total. The van der Waals surface area contributed by atoms with Crippen LogP contribution in [0.2, 0.25) is 0 Å². The van der Waals surface area contributed by atoms with E-state index < -0.39 is 0 Å². The monoisotopic (exact) mass is 314 g/mol. The lowest BCUT2D eigenvalue weighted by molar-refractivity contribution is -0.117. The number of nitrogens with zero attached hydrogens (tertiary/aromatic N) is 3. The van der Waals surface area contributed by atoms with Crippen molar-refractivity contribution in [1.29, 1.82) is 0 Å². The minimum absolute atomic E-state index is 0.0325. The van der Waals surface area contributed by atoms with Crippen molar-refractivity contribution in [2.75, 3.05) is 11.9 Å². The average Bonchev–Trinajstić information content (AvgIpc) is 2.94. The summed E-state index contributed by atoms with van der Waals surface area (Å²) in [5.41, 5.74) is 3.35. The molecule has 0 spiro atoms. The van der Waals surface area contributed by atoms with E-state index in [9.17, 15) is 4.79 Å². The Morgan fingerprint density at radius 3 is 2.91 bits per heavy atom. The van der Waals surface area contributed by atoms with Gasteiger partial charge in [0.15, 0.2) is 0 Å². The first-order chi connectivity index (χ1) is 11.0. The maximum atomic E-state index is 12.0. The number of hydrogen-bond acceptors (Lipinski definition) is 4. The number of rotatable bonds is 4. The summed E-state index contributed by atoms with van der Waals surface area (Å²) in [6.45, 7) is 8.96. The van der Waals surface area contributed by atoms with Gasteiger partial charge in [0, 0.05) is 0 Å². The minimum atomic E-state index is -0.130. The number of amides is 1. The smallest absolute Gasteiger partial charge is 0.229 e. The van der Waals surface area contributed by atoms with E-state index in [0.29, 0.717) is 24.9 Å². The lowest BCUT2D eigenvalue weighted by atomic mass is 9.91. The molecule has 0 unspecified atom stereocenters. The van der Waals surface area contributed by atoms with E-state index in [0.717, 1.165) is 22.4 Å². The maximum absolute atomic E-state index is 12.0. The van der Waals surface area contributed by atoms with Gasteiger partial charge >= 0.3 is 0 Å².